The molecule has 6 heteroatoms. The molecule has 0 bridgehead atoms. The number of fused-ring (bicyclic) bond motifs is 1. The van der Waals surface area contributed by atoms with E-state index < -0.39 is 0 Å². The highest BCUT2D eigenvalue weighted by Crippen LogP contribution is 2.24. The van der Waals surface area contributed by atoms with Crippen molar-refractivity contribution in [3.63, 3.8) is 0 Å². The number of urea groups is 1. The average Bonchev–Trinajstić information content (AvgIpc) is 2.82. The fourth-order valence-corrected chi connectivity index (χ4v) is 4.01. The van der Waals surface area contributed by atoms with E-state index in [2.05, 4.69) is 22.4 Å². The molecule has 0 saturated carbocycles. The van der Waals surface area contributed by atoms with Gasteiger partial charge in [-0.2, -0.15) is 0 Å². The van der Waals surface area contributed by atoms with Crippen molar-refractivity contribution in [2.75, 3.05) is 19.0 Å². The SMILES string of the molecule is COc1ccccc1NC(=O)N(CCc1cccc(C)c1)Cc1cc2ccc(C)cc2[nH]c1=O. The molecule has 2 amide bonds. The van der Waals surface area contributed by atoms with Gasteiger partial charge in [-0.15, -0.1) is 0 Å². The minimum atomic E-state index is -0.291. The maximum atomic E-state index is 13.3. The second-order valence-electron chi connectivity index (χ2n) is 8.51. The van der Waals surface area contributed by atoms with Gasteiger partial charge in [0.2, 0.25) is 0 Å². The van der Waals surface area contributed by atoms with Gasteiger partial charge in [-0.1, -0.05) is 54.1 Å². The zero-order chi connectivity index (χ0) is 24.1. The number of pyridine rings is 1. The first-order valence-corrected chi connectivity index (χ1v) is 11.3. The molecule has 174 valence electrons. The minimum absolute atomic E-state index is 0.186. The van der Waals surface area contributed by atoms with Crippen molar-refractivity contribution < 1.29 is 9.53 Å². The van der Waals surface area contributed by atoms with Crippen molar-refractivity contribution in [3.8, 4) is 5.75 Å². The van der Waals surface area contributed by atoms with E-state index in [1.165, 1.54) is 5.56 Å². The lowest BCUT2D eigenvalue weighted by Gasteiger charge is -2.24. The lowest BCUT2D eigenvalue weighted by molar-refractivity contribution is 0.209. The number of ether oxygens (including phenoxy) is 1. The largest absolute Gasteiger partial charge is 0.495 e. The molecule has 4 rings (SSSR count). The van der Waals surface area contributed by atoms with Crippen molar-refractivity contribution in [2.24, 2.45) is 0 Å². The van der Waals surface area contributed by atoms with E-state index in [9.17, 15) is 9.59 Å². The van der Waals surface area contributed by atoms with E-state index in [1.54, 1.807) is 24.1 Å². The summed E-state index contributed by atoms with van der Waals surface area (Å²) in [6.45, 7) is 4.68. The molecule has 0 aliphatic rings. The van der Waals surface area contributed by atoms with Gasteiger partial charge in [-0.25, -0.2) is 4.79 Å². The van der Waals surface area contributed by atoms with Gasteiger partial charge in [0, 0.05) is 17.6 Å². The van der Waals surface area contributed by atoms with Gasteiger partial charge in [0.15, 0.2) is 0 Å². The predicted molar refractivity (Wildman–Crippen MR) is 137 cm³/mol. The number of aromatic amines is 1. The summed E-state index contributed by atoms with van der Waals surface area (Å²) in [5.41, 5.74) is 5.10. The number of amides is 2. The number of hydrogen-bond acceptors (Lipinski definition) is 3. The molecule has 34 heavy (non-hydrogen) atoms. The van der Waals surface area contributed by atoms with Crippen molar-refractivity contribution in [3.05, 3.63) is 105 Å². The van der Waals surface area contributed by atoms with Crippen molar-refractivity contribution in [2.45, 2.75) is 26.8 Å². The second kappa shape index (κ2) is 10.3. The highest BCUT2D eigenvalue weighted by molar-refractivity contribution is 5.91. The van der Waals surface area contributed by atoms with Crippen LogP contribution in [0.15, 0.2) is 77.6 Å². The first-order chi connectivity index (χ1) is 16.4. The van der Waals surface area contributed by atoms with Crippen LogP contribution in [-0.4, -0.2) is 29.6 Å². The zero-order valence-electron chi connectivity index (χ0n) is 19.7. The average molecular weight is 456 g/mol. The van der Waals surface area contributed by atoms with Gasteiger partial charge in [0.05, 0.1) is 19.3 Å². The number of aryl methyl sites for hydroxylation is 2. The fraction of sp³-hybridized carbons (Fsp3) is 0.214. The summed E-state index contributed by atoms with van der Waals surface area (Å²) < 4.78 is 5.38. The molecule has 0 fully saturated rings. The predicted octanol–water partition coefficient (Wildman–Crippen LogP) is 5.43. The van der Waals surface area contributed by atoms with Crippen molar-refractivity contribution >= 4 is 22.6 Å². The molecule has 6 nitrogen and oxygen atoms in total. The summed E-state index contributed by atoms with van der Waals surface area (Å²) in [6, 6.07) is 23.0. The Morgan fingerprint density at radius 2 is 1.76 bits per heavy atom. The Morgan fingerprint density at radius 3 is 2.56 bits per heavy atom. The first kappa shape index (κ1) is 23.1. The highest BCUT2D eigenvalue weighted by atomic mass is 16.5. The van der Waals surface area contributed by atoms with Crippen molar-refractivity contribution in [1.82, 2.24) is 9.88 Å². The third-order valence-corrected chi connectivity index (χ3v) is 5.83. The molecule has 0 spiro atoms. The minimum Gasteiger partial charge on any atom is -0.495 e. The Bertz CT molecular complexity index is 1380. The van der Waals surface area contributed by atoms with Crippen LogP contribution in [0.2, 0.25) is 0 Å². The van der Waals surface area contributed by atoms with Gasteiger partial charge < -0.3 is 19.9 Å². The monoisotopic (exact) mass is 455 g/mol. The maximum absolute atomic E-state index is 13.3. The molecule has 0 radical (unpaired) electrons. The summed E-state index contributed by atoms with van der Waals surface area (Å²) >= 11 is 0. The number of anilines is 1. The molecule has 2 N–H and O–H groups in total. The van der Waals surface area contributed by atoms with E-state index in [0.717, 1.165) is 22.0 Å². The Kier molecular flexibility index (Phi) is 6.97. The topological polar surface area (TPSA) is 74.4 Å². The van der Waals surface area contributed by atoms with E-state index in [4.69, 9.17) is 4.74 Å². The van der Waals surface area contributed by atoms with E-state index in [1.807, 2.05) is 62.4 Å². The molecular formula is C28H29N3O3. The smallest absolute Gasteiger partial charge is 0.322 e. The second-order valence-corrected chi connectivity index (χ2v) is 8.51. The molecule has 1 heterocycles. The number of carbonyl (C=O) groups excluding carboxylic acids is 1. The Balaban J connectivity index is 1.62. The standard InChI is InChI=1S/C28H29N3O3/c1-19-7-6-8-21(15-19)13-14-31(28(33)30-24-9-4-5-10-26(24)34-3)18-23-17-22-12-11-20(2)16-25(22)29-27(23)32/h4-12,15-17H,13-14,18H2,1-3H3,(H,29,32)(H,30,33). The van der Waals surface area contributed by atoms with Crippen LogP contribution >= 0.6 is 0 Å². The number of H-pyrrole nitrogens is 1. The summed E-state index contributed by atoms with van der Waals surface area (Å²) in [5.74, 6) is 0.577. The molecule has 0 unspecified atom stereocenters. The number of nitrogens with one attached hydrogen (secondary N) is 2. The summed E-state index contributed by atoms with van der Waals surface area (Å²) in [6.07, 6.45) is 0.672. The van der Waals surface area contributed by atoms with E-state index >= 15 is 0 Å². The van der Waals surface area contributed by atoms with Crippen molar-refractivity contribution in [1.29, 1.82) is 0 Å². The molecule has 3 aromatic carbocycles. The third-order valence-electron chi connectivity index (χ3n) is 5.83. The first-order valence-electron chi connectivity index (χ1n) is 11.3. The molecular weight excluding hydrogens is 426 g/mol. The molecule has 0 aliphatic carbocycles. The lowest BCUT2D eigenvalue weighted by Crippen LogP contribution is -2.37. The summed E-state index contributed by atoms with van der Waals surface area (Å²) in [7, 11) is 1.57. The number of rotatable bonds is 7. The Labute approximate surface area is 199 Å². The van der Waals surface area contributed by atoms with Crippen LogP contribution in [0, 0.1) is 13.8 Å². The Morgan fingerprint density at radius 1 is 0.971 bits per heavy atom. The highest BCUT2D eigenvalue weighted by Gasteiger charge is 2.18. The van der Waals surface area contributed by atoms with Crippen LogP contribution in [0.3, 0.4) is 0 Å². The van der Waals surface area contributed by atoms with Crippen LogP contribution in [0.25, 0.3) is 10.9 Å². The lowest BCUT2D eigenvalue weighted by atomic mass is 10.1. The summed E-state index contributed by atoms with van der Waals surface area (Å²) in [4.78, 5) is 30.8. The van der Waals surface area contributed by atoms with Gasteiger partial charge in [-0.05, 0) is 61.0 Å². The van der Waals surface area contributed by atoms with E-state index in [-0.39, 0.29) is 18.1 Å². The van der Waals surface area contributed by atoms with Gasteiger partial charge >= 0.3 is 6.03 Å². The molecule has 0 saturated heterocycles. The number of benzene rings is 3. The summed E-state index contributed by atoms with van der Waals surface area (Å²) in [5, 5.41) is 3.88. The molecule has 0 aliphatic heterocycles. The number of hydrogen-bond donors (Lipinski definition) is 2. The molecule has 4 aromatic rings. The fourth-order valence-electron chi connectivity index (χ4n) is 4.01. The number of para-hydroxylation sites is 2. The number of aromatic nitrogens is 1. The number of nitrogens with zero attached hydrogens (tertiary/aromatic N) is 1. The number of carbonyl (C=O) groups is 1. The van der Waals surface area contributed by atoms with E-state index in [0.29, 0.717) is 30.0 Å². The van der Waals surface area contributed by atoms with Crippen LogP contribution in [0.5, 0.6) is 5.75 Å². The van der Waals surface area contributed by atoms with Gasteiger partial charge in [0.1, 0.15) is 5.75 Å². The third kappa shape index (κ3) is 5.46. The normalized spacial score (nSPS) is 10.8. The van der Waals surface area contributed by atoms with Gasteiger partial charge in [0.25, 0.3) is 5.56 Å². The maximum Gasteiger partial charge on any atom is 0.322 e. The van der Waals surface area contributed by atoms with Crippen LogP contribution in [0.4, 0.5) is 10.5 Å². The molecule has 1 aromatic heterocycles. The quantitative estimate of drug-likeness (QED) is 0.390. The van der Waals surface area contributed by atoms with Crippen LogP contribution < -0.4 is 15.6 Å². The molecule has 0 atom stereocenters. The Hall–Kier alpha value is -4.06. The van der Waals surface area contributed by atoms with Crippen LogP contribution in [0.1, 0.15) is 22.3 Å². The van der Waals surface area contributed by atoms with Gasteiger partial charge in [-0.3, -0.25) is 4.79 Å². The zero-order valence-corrected chi connectivity index (χ0v) is 19.7. The number of methoxy groups -OCH3 is 1. The van der Waals surface area contributed by atoms with Crippen LogP contribution in [-0.2, 0) is 13.0 Å².